The van der Waals surface area contributed by atoms with Gasteiger partial charge in [-0.05, 0) is 24.3 Å². The van der Waals surface area contributed by atoms with E-state index in [-0.39, 0.29) is 0 Å². The van der Waals surface area contributed by atoms with Crippen molar-refractivity contribution in [2.75, 3.05) is 0 Å². The maximum Gasteiger partial charge on any atom is 0.137 e. The zero-order valence-electron chi connectivity index (χ0n) is 14.9. The molecule has 0 amide bonds. The molecule has 6 heteroatoms. The zero-order chi connectivity index (χ0) is 18.9. The van der Waals surface area contributed by atoms with Gasteiger partial charge in [0.15, 0.2) is 0 Å². The van der Waals surface area contributed by atoms with Crippen LogP contribution >= 0.6 is 15.9 Å². The molecule has 0 unspecified atom stereocenters. The monoisotopic (exact) mass is 429 g/mol. The molecule has 0 radical (unpaired) electrons. The topological polar surface area (TPSA) is 48.0 Å². The molecule has 0 saturated heterocycles. The second-order valence-corrected chi connectivity index (χ2v) is 7.43. The van der Waals surface area contributed by atoms with Crippen molar-refractivity contribution in [3.63, 3.8) is 0 Å². The first-order chi connectivity index (χ1) is 13.8. The molecule has 0 atom stereocenters. The number of halogens is 1. The maximum atomic E-state index is 4.86. The van der Waals surface area contributed by atoms with E-state index < -0.39 is 0 Å². The van der Waals surface area contributed by atoms with Gasteiger partial charge in [-0.15, -0.1) is 5.10 Å². The number of rotatable bonds is 4. The minimum absolute atomic E-state index is 0.580. The fourth-order valence-electron chi connectivity index (χ4n) is 3.31. The van der Waals surface area contributed by atoms with E-state index >= 15 is 0 Å². The molecular weight excluding hydrogens is 414 g/mol. The van der Waals surface area contributed by atoms with Crippen LogP contribution in [0.5, 0.6) is 0 Å². The van der Waals surface area contributed by atoms with Crippen LogP contribution in [-0.2, 0) is 6.54 Å². The van der Waals surface area contributed by atoms with Crippen molar-refractivity contribution in [3.05, 3.63) is 95.4 Å². The van der Waals surface area contributed by atoms with E-state index in [4.69, 9.17) is 4.98 Å². The van der Waals surface area contributed by atoms with Crippen molar-refractivity contribution in [2.45, 2.75) is 6.54 Å². The van der Waals surface area contributed by atoms with Gasteiger partial charge < -0.3 is 4.40 Å². The van der Waals surface area contributed by atoms with Gasteiger partial charge in [-0.25, -0.2) is 9.67 Å². The molecule has 0 bridgehead atoms. The molecule has 5 nitrogen and oxygen atoms in total. The van der Waals surface area contributed by atoms with Crippen LogP contribution in [-0.4, -0.2) is 24.4 Å². The lowest BCUT2D eigenvalue weighted by Crippen LogP contribution is -2.05. The fraction of sp³-hybridized carbons (Fsp3) is 0.0455. The molecule has 28 heavy (non-hydrogen) atoms. The van der Waals surface area contributed by atoms with Gasteiger partial charge in [0, 0.05) is 21.8 Å². The van der Waals surface area contributed by atoms with E-state index in [1.54, 1.807) is 0 Å². The van der Waals surface area contributed by atoms with Crippen LogP contribution in [0.15, 0.2) is 89.7 Å². The van der Waals surface area contributed by atoms with Gasteiger partial charge in [0.25, 0.3) is 0 Å². The van der Waals surface area contributed by atoms with Crippen LogP contribution in [0.4, 0.5) is 0 Å². The van der Waals surface area contributed by atoms with Gasteiger partial charge in [0.1, 0.15) is 11.3 Å². The van der Waals surface area contributed by atoms with Gasteiger partial charge in [-0.3, -0.25) is 0 Å². The largest absolute Gasteiger partial charge is 0.302 e. The van der Waals surface area contributed by atoms with Crippen molar-refractivity contribution < 1.29 is 0 Å². The minimum Gasteiger partial charge on any atom is -0.302 e. The van der Waals surface area contributed by atoms with Gasteiger partial charge in [0.2, 0.25) is 0 Å². The third-order valence-corrected chi connectivity index (χ3v) is 5.20. The van der Waals surface area contributed by atoms with Crippen molar-refractivity contribution >= 4 is 21.6 Å². The summed E-state index contributed by atoms with van der Waals surface area (Å²) in [5.74, 6) is 0. The highest BCUT2D eigenvalue weighted by Crippen LogP contribution is 2.27. The van der Waals surface area contributed by atoms with Crippen LogP contribution in [0.1, 0.15) is 5.69 Å². The Bertz CT molecular complexity index is 1240. The molecule has 3 aromatic heterocycles. The summed E-state index contributed by atoms with van der Waals surface area (Å²) in [5, 5.41) is 8.68. The summed E-state index contributed by atoms with van der Waals surface area (Å²) >= 11 is 3.50. The highest BCUT2D eigenvalue weighted by atomic mass is 79.9. The van der Waals surface area contributed by atoms with Crippen LogP contribution in [0.3, 0.4) is 0 Å². The van der Waals surface area contributed by atoms with Crippen molar-refractivity contribution in [1.29, 1.82) is 0 Å². The third-order valence-electron chi connectivity index (χ3n) is 4.67. The first kappa shape index (κ1) is 16.9. The number of aromatic nitrogens is 5. The molecule has 5 rings (SSSR count). The number of fused-ring (bicyclic) bond motifs is 1. The van der Waals surface area contributed by atoms with Crippen molar-refractivity contribution in [3.8, 4) is 22.5 Å². The summed E-state index contributed by atoms with van der Waals surface area (Å²) in [5.41, 5.74) is 5.93. The summed E-state index contributed by atoms with van der Waals surface area (Å²) in [6.07, 6.45) is 4.01. The number of pyridine rings is 1. The highest BCUT2D eigenvalue weighted by molar-refractivity contribution is 9.10. The number of benzene rings is 2. The molecular formula is C22H16BrN5. The lowest BCUT2D eigenvalue weighted by Gasteiger charge is -2.05. The van der Waals surface area contributed by atoms with E-state index in [9.17, 15) is 0 Å². The number of imidazole rings is 1. The van der Waals surface area contributed by atoms with Crippen LogP contribution in [0.25, 0.3) is 28.2 Å². The van der Waals surface area contributed by atoms with Crippen LogP contribution in [0, 0.1) is 0 Å². The smallest absolute Gasteiger partial charge is 0.137 e. The van der Waals surface area contributed by atoms with Crippen molar-refractivity contribution in [2.24, 2.45) is 0 Å². The van der Waals surface area contributed by atoms with Crippen LogP contribution < -0.4 is 0 Å². The molecule has 3 heterocycles. The second kappa shape index (κ2) is 7.05. The predicted molar refractivity (Wildman–Crippen MR) is 113 cm³/mol. The lowest BCUT2D eigenvalue weighted by molar-refractivity contribution is 0.636. The molecule has 2 aromatic carbocycles. The zero-order valence-corrected chi connectivity index (χ0v) is 16.5. The number of nitrogens with zero attached hydrogens (tertiary/aromatic N) is 5. The Balaban J connectivity index is 1.58. The van der Waals surface area contributed by atoms with E-state index in [1.165, 1.54) is 0 Å². The van der Waals surface area contributed by atoms with E-state index in [0.717, 1.165) is 38.3 Å². The molecule has 0 fully saturated rings. The third kappa shape index (κ3) is 3.12. The maximum absolute atomic E-state index is 4.86. The second-order valence-electron chi connectivity index (χ2n) is 6.51. The molecule has 0 saturated carbocycles. The highest BCUT2D eigenvalue weighted by Gasteiger charge is 2.15. The Morgan fingerprint density at radius 2 is 1.61 bits per heavy atom. The summed E-state index contributed by atoms with van der Waals surface area (Å²) in [6, 6.07) is 24.3. The Kier molecular flexibility index (Phi) is 4.25. The summed E-state index contributed by atoms with van der Waals surface area (Å²) in [7, 11) is 0. The Labute approximate surface area is 170 Å². The predicted octanol–water partition coefficient (Wildman–Crippen LogP) is 5.07. The summed E-state index contributed by atoms with van der Waals surface area (Å²) in [6.45, 7) is 0.580. The number of hydrogen-bond acceptors (Lipinski definition) is 3. The standard InChI is InChI=1S/C22H16BrN5/c23-18-11-9-17(10-12-18)22-20(28-13-5-4-8-21(28)24-22)15-27-14-19(25-26-27)16-6-2-1-3-7-16/h1-14H,15H2. The summed E-state index contributed by atoms with van der Waals surface area (Å²) in [4.78, 5) is 4.86. The molecule has 0 aliphatic rings. The van der Waals surface area contributed by atoms with Gasteiger partial charge in [0.05, 0.1) is 24.1 Å². The van der Waals surface area contributed by atoms with Gasteiger partial charge in [-0.1, -0.05) is 69.7 Å². The lowest BCUT2D eigenvalue weighted by atomic mass is 10.1. The van der Waals surface area contributed by atoms with Gasteiger partial charge >= 0.3 is 0 Å². The molecule has 0 aliphatic heterocycles. The fourth-order valence-corrected chi connectivity index (χ4v) is 3.57. The van der Waals surface area contributed by atoms with Gasteiger partial charge in [-0.2, -0.15) is 0 Å². The molecule has 136 valence electrons. The molecule has 0 aliphatic carbocycles. The van der Waals surface area contributed by atoms with E-state index in [0.29, 0.717) is 6.54 Å². The SMILES string of the molecule is Brc1ccc(-c2nc3ccccn3c2Cn2cc(-c3ccccc3)nn2)cc1. The molecule has 5 aromatic rings. The Morgan fingerprint density at radius 1 is 0.821 bits per heavy atom. The average Bonchev–Trinajstić information content (AvgIpc) is 3.35. The summed E-state index contributed by atoms with van der Waals surface area (Å²) < 4.78 is 5.02. The normalized spacial score (nSPS) is 11.2. The first-order valence-corrected chi connectivity index (χ1v) is 9.75. The van der Waals surface area contributed by atoms with Crippen LogP contribution in [0.2, 0.25) is 0 Å². The van der Waals surface area contributed by atoms with E-state index in [2.05, 4.69) is 42.8 Å². The quantitative estimate of drug-likeness (QED) is 0.400. The minimum atomic E-state index is 0.580. The molecule has 0 spiro atoms. The molecule has 0 N–H and O–H groups in total. The van der Waals surface area contributed by atoms with Crippen molar-refractivity contribution in [1.82, 2.24) is 24.4 Å². The Hall–Kier alpha value is -3.25. The van der Waals surface area contributed by atoms with E-state index in [1.807, 2.05) is 77.7 Å². The Morgan fingerprint density at radius 3 is 2.43 bits per heavy atom. The average molecular weight is 430 g/mol. The number of hydrogen-bond donors (Lipinski definition) is 0. The first-order valence-electron chi connectivity index (χ1n) is 8.95.